The van der Waals surface area contributed by atoms with Crippen LogP contribution < -0.4 is 9.60 Å². The van der Waals surface area contributed by atoms with E-state index in [1.165, 1.54) is 19.1 Å². The average molecular weight is 295 g/mol. The van der Waals surface area contributed by atoms with Crippen molar-refractivity contribution in [2.24, 2.45) is 0 Å². The fourth-order valence-corrected chi connectivity index (χ4v) is 3.85. The first-order valence-electron chi connectivity index (χ1n) is 5.15. The van der Waals surface area contributed by atoms with Gasteiger partial charge in [0.05, 0.1) is 17.3 Å². The number of rotatable bonds is 3. The number of nitrogens with zero attached hydrogens (tertiary/aromatic N) is 1. The third kappa shape index (κ3) is 2.83. The first-order valence-corrected chi connectivity index (χ1v) is 7.45. The Balaban J connectivity index is 2.39. The Hall–Kier alpha value is -2.11. The standard InChI is InChI=1S/C11H9N3O3S2/c1-7-10(18-11(15)13-7)19(16,17)14-9-4-2-3-8(5-9)6-12/h2-5,14H,1H3,(H,13,15). The van der Waals surface area contributed by atoms with Crippen LogP contribution in [-0.4, -0.2) is 13.4 Å². The van der Waals surface area contributed by atoms with Gasteiger partial charge in [0, 0.05) is 5.69 Å². The van der Waals surface area contributed by atoms with Gasteiger partial charge in [0.2, 0.25) is 0 Å². The minimum absolute atomic E-state index is 0.0557. The van der Waals surface area contributed by atoms with Gasteiger partial charge in [-0.2, -0.15) is 5.26 Å². The van der Waals surface area contributed by atoms with E-state index >= 15 is 0 Å². The maximum absolute atomic E-state index is 12.1. The monoisotopic (exact) mass is 295 g/mol. The molecular weight excluding hydrogens is 286 g/mol. The zero-order chi connectivity index (χ0) is 14.0. The number of thiazole rings is 1. The summed E-state index contributed by atoms with van der Waals surface area (Å²) in [4.78, 5) is 13.1. The molecule has 0 bridgehead atoms. The van der Waals surface area contributed by atoms with E-state index < -0.39 is 14.9 Å². The molecule has 19 heavy (non-hydrogen) atoms. The molecular formula is C11H9N3O3S2. The number of benzene rings is 1. The maximum Gasteiger partial charge on any atom is 0.306 e. The Morgan fingerprint density at radius 2 is 2.16 bits per heavy atom. The van der Waals surface area contributed by atoms with Crippen LogP contribution in [0, 0.1) is 18.3 Å². The predicted octanol–water partition coefficient (Wildman–Crippen LogP) is 1.42. The molecule has 0 radical (unpaired) electrons. The molecule has 0 atom stereocenters. The summed E-state index contributed by atoms with van der Waals surface area (Å²) in [6, 6.07) is 8.01. The van der Waals surface area contributed by atoms with E-state index in [0.717, 1.165) is 0 Å². The number of aromatic amines is 1. The Labute approximate surface area is 113 Å². The molecule has 0 aliphatic carbocycles. The normalized spacial score (nSPS) is 10.9. The maximum atomic E-state index is 12.1. The van der Waals surface area contributed by atoms with Crippen LogP contribution in [0.5, 0.6) is 0 Å². The number of anilines is 1. The van der Waals surface area contributed by atoms with E-state index in [1.54, 1.807) is 12.1 Å². The summed E-state index contributed by atoms with van der Waals surface area (Å²) >= 11 is 0.624. The first kappa shape index (κ1) is 13.3. The number of nitrogens with one attached hydrogen (secondary N) is 2. The number of H-pyrrole nitrogens is 1. The van der Waals surface area contributed by atoms with E-state index in [9.17, 15) is 13.2 Å². The Kier molecular flexibility index (Phi) is 3.42. The summed E-state index contributed by atoms with van der Waals surface area (Å²) in [5, 5.41) is 8.75. The van der Waals surface area contributed by atoms with Crippen molar-refractivity contribution in [1.29, 1.82) is 5.26 Å². The van der Waals surface area contributed by atoms with Gasteiger partial charge in [-0.15, -0.1) is 0 Å². The lowest BCUT2D eigenvalue weighted by Crippen LogP contribution is -2.12. The van der Waals surface area contributed by atoms with Crippen molar-refractivity contribution in [3.8, 4) is 6.07 Å². The molecule has 2 N–H and O–H groups in total. The third-order valence-corrected chi connectivity index (χ3v) is 5.26. The molecule has 0 aliphatic heterocycles. The number of aryl methyl sites for hydroxylation is 1. The van der Waals surface area contributed by atoms with Crippen LogP contribution in [0.4, 0.5) is 5.69 Å². The summed E-state index contributed by atoms with van der Waals surface area (Å²) in [5.41, 5.74) is 0.914. The van der Waals surface area contributed by atoms with Crippen LogP contribution in [0.3, 0.4) is 0 Å². The zero-order valence-corrected chi connectivity index (χ0v) is 11.4. The first-order chi connectivity index (χ1) is 8.92. The van der Waals surface area contributed by atoms with Gasteiger partial charge in [-0.05, 0) is 25.1 Å². The summed E-state index contributed by atoms with van der Waals surface area (Å²) in [6.45, 7) is 1.51. The fraction of sp³-hybridized carbons (Fsp3) is 0.0909. The lowest BCUT2D eigenvalue weighted by Gasteiger charge is -2.06. The molecule has 0 saturated heterocycles. The van der Waals surface area contributed by atoms with Crippen LogP contribution in [-0.2, 0) is 10.0 Å². The molecule has 2 rings (SSSR count). The molecule has 0 aliphatic rings. The average Bonchev–Trinajstić information content (AvgIpc) is 2.69. The third-order valence-electron chi connectivity index (χ3n) is 2.27. The number of aromatic nitrogens is 1. The molecule has 1 heterocycles. The molecule has 6 nitrogen and oxygen atoms in total. The number of sulfonamides is 1. The Morgan fingerprint density at radius 3 is 2.74 bits per heavy atom. The fourth-order valence-electron chi connectivity index (χ4n) is 1.50. The van der Waals surface area contributed by atoms with Gasteiger partial charge in [-0.25, -0.2) is 8.42 Å². The topological polar surface area (TPSA) is 103 Å². The van der Waals surface area contributed by atoms with Crippen molar-refractivity contribution in [2.75, 3.05) is 4.72 Å². The summed E-state index contributed by atoms with van der Waals surface area (Å²) in [6.07, 6.45) is 0. The summed E-state index contributed by atoms with van der Waals surface area (Å²) in [7, 11) is -3.82. The van der Waals surface area contributed by atoms with Crippen molar-refractivity contribution in [3.05, 3.63) is 45.2 Å². The number of nitriles is 1. The highest BCUT2D eigenvalue weighted by atomic mass is 32.2. The minimum Gasteiger partial charge on any atom is -0.315 e. The van der Waals surface area contributed by atoms with Crippen LogP contribution in [0.2, 0.25) is 0 Å². The molecule has 0 amide bonds. The molecule has 1 aromatic carbocycles. The minimum atomic E-state index is -3.82. The van der Waals surface area contributed by atoms with Gasteiger partial charge < -0.3 is 4.98 Å². The lowest BCUT2D eigenvalue weighted by atomic mass is 10.2. The van der Waals surface area contributed by atoms with Gasteiger partial charge in [-0.1, -0.05) is 17.4 Å². The second kappa shape index (κ2) is 4.87. The van der Waals surface area contributed by atoms with Crippen LogP contribution >= 0.6 is 11.3 Å². The SMILES string of the molecule is Cc1[nH]c(=O)sc1S(=O)(=O)Nc1cccc(C#N)c1. The van der Waals surface area contributed by atoms with E-state index in [-0.39, 0.29) is 9.90 Å². The molecule has 2 aromatic rings. The number of hydrogen-bond acceptors (Lipinski definition) is 5. The molecule has 0 spiro atoms. The highest BCUT2D eigenvalue weighted by Gasteiger charge is 2.20. The second-order valence-corrected chi connectivity index (χ2v) is 6.59. The Bertz CT molecular complexity index is 812. The van der Waals surface area contributed by atoms with Crippen LogP contribution in [0.1, 0.15) is 11.3 Å². The molecule has 0 unspecified atom stereocenters. The zero-order valence-electron chi connectivity index (χ0n) is 9.80. The lowest BCUT2D eigenvalue weighted by molar-refractivity contribution is 0.602. The van der Waals surface area contributed by atoms with E-state index in [1.807, 2.05) is 6.07 Å². The molecule has 0 fully saturated rings. The van der Waals surface area contributed by atoms with Crippen molar-refractivity contribution in [3.63, 3.8) is 0 Å². The summed E-state index contributed by atoms with van der Waals surface area (Å²) in [5.74, 6) is 0. The highest BCUT2D eigenvalue weighted by Crippen LogP contribution is 2.20. The smallest absolute Gasteiger partial charge is 0.306 e. The largest absolute Gasteiger partial charge is 0.315 e. The van der Waals surface area contributed by atoms with E-state index in [4.69, 9.17) is 5.26 Å². The van der Waals surface area contributed by atoms with Crippen LogP contribution in [0.25, 0.3) is 0 Å². The second-order valence-electron chi connectivity index (χ2n) is 3.73. The molecule has 0 saturated carbocycles. The molecule has 98 valence electrons. The van der Waals surface area contributed by atoms with Crippen molar-refractivity contribution in [2.45, 2.75) is 11.1 Å². The van der Waals surface area contributed by atoms with Crippen LogP contribution in [0.15, 0.2) is 33.3 Å². The van der Waals surface area contributed by atoms with Crippen molar-refractivity contribution in [1.82, 2.24) is 4.98 Å². The van der Waals surface area contributed by atoms with Crippen molar-refractivity contribution < 1.29 is 8.42 Å². The van der Waals surface area contributed by atoms with Crippen molar-refractivity contribution >= 4 is 27.0 Å². The number of hydrogen-bond donors (Lipinski definition) is 2. The quantitative estimate of drug-likeness (QED) is 0.893. The molecule has 1 aromatic heterocycles. The summed E-state index contributed by atoms with van der Waals surface area (Å²) < 4.78 is 26.5. The van der Waals surface area contributed by atoms with E-state index in [0.29, 0.717) is 22.6 Å². The van der Waals surface area contributed by atoms with Gasteiger partial charge in [0.25, 0.3) is 10.0 Å². The van der Waals surface area contributed by atoms with E-state index in [2.05, 4.69) is 9.71 Å². The predicted molar refractivity (Wildman–Crippen MR) is 71.6 cm³/mol. The van der Waals surface area contributed by atoms with Gasteiger partial charge in [-0.3, -0.25) is 9.52 Å². The van der Waals surface area contributed by atoms with Gasteiger partial charge in [0.15, 0.2) is 4.21 Å². The highest BCUT2D eigenvalue weighted by molar-refractivity contribution is 7.94. The molecule has 8 heteroatoms. The Morgan fingerprint density at radius 1 is 1.42 bits per heavy atom. The van der Waals surface area contributed by atoms with Gasteiger partial charge >= 0.3 is 4.87 Å². The van der Waals surface area contributed by atoms with Gasteiger partial charge in [0.1, 0.15) is 0 Å².